The summed E-state index contributed by atoms with van der Waals surface area (Å²) >= 11 is 0. The van der Waals surface area contributed by atoms with Crippen molar-refractivity contribution in [1.29, 1.82) is 0 Å². The molecule has 5 nitrogen and oxygen atoms in total. The van der Waals surface area contributed by atoms with E-state index >= 15 is 0 Å². The first-order valence-corrected chi connectivity index (χ1v) is 10.5. The van der Waals surface area contributed by atoms with Crippen LogP contribution in [0.25, 0.3) is 11.3 Å². The summed E-state index contributed by atoms with van der Waals surface area (Å²) in [6, 6.07) is 18.3. The molecule has 4 rings (SSSR count). The molecule has 1 aromatic heterocycles. The van der Waals surface area contributed by atoms with Gasteiger partial charge in [-0.25, -0.2) is 4.39 Å². The summed E-state index contributed by atoms with van der Waals surface area (Å²) in [6.45, 7) is 0.780. The Morgan fingerprint density at radius 3 is 2.63 bits per heavy atom. The van der Waals surface area contributed by atoms with Crippen molar-refractivity contribution in [2.75, 3.05) is 13.6 Å². The van der Waals surface area contributed by atoms with Crippen LogP contribution in [0, 0.1) is 5.82 Å². The molecular formula is C24H27FN4O. The Morgan fingerprint density at radius 1 is 1.20 bits per heavy atom. The third-order valence-corrected chi connectivity index (χ3v) is 5.46. The van der Waals surface area contributed by atoms with Crippen LogP contribution in [0.2, 0.25) is 0 Å². The average Bonchev–Trinajstić information content (AvgIpc) is 3.43. The highest BCUT2D eigenvalue weighted by Gasteiger charge is 2.30. The number of nitrogens with one attached hydrogen (secondary N) is 2. The molecule has 2 N–H and O–H groups in total. The molecule has 156 valence electrons. The number of carbonyl (C=O) groups excluding carboxylic acids is 1. The van der Waals surface area contributed by atoms with Gasteiger partial charge in [0.1, 0.15) is 11.9 Å². The van der Waals surface area contributed by atoms with E-state index in [1.165, 1.54) is 12.1 Å². The number of rotatable bonds is 9. The molecule has 0 aliphatic heterocycles. The van der Waals surface area contributed by atoms with Gasteiger partial charge in [-0.15, -0.1) is 0 Å². The van der Waals surface area contributed by atoms with Crippen LogP contribution >= 0.6 is 0 Å². The lowest BCUT2D eigenvalue weighted by Crippen LogP contribution is -2.40. The standard InChI is InChI=1S/C24H27FN4O/c1-29(23(18-6-3-2-4-7-18)24(30)26-20-13-14-20)15-5-8-21-16-22(28-27-21)17-9-11-19(25)12-10-17/h2-4,6-7,9-12,16,20,23H,5,8,13-15H2,1H3,(H,26,30)(H,27,28). The third kappa shape index (κ3) is 5.13. The van der Waals surface area contributed by atoms with Crippen molar-refractivity contribution in [2.45, 2.75) is 37.8 Å². The Balaban J connectivity index is 1.36. The first-order chi connectivity index (χ1) is 14.6. The molecule has 1 aliphatic rings. The molecule has 1 fully saturated rings. The first-order valence-electron chi connectivity index (χ1n) is 10.5. The van der Waals surface area contributed by atoms with Gasteiger partial charge in [0.2, 0.25) is 5.91 Å². The SMILES string of the molecule is CN(CCCc1cc(-c2ccc(F)cc2)n[nH]1)C(C(=O)NC1CC1)c1ccccc1. The lowest BCUT2D eigenvalue weighted by atomic mass is 10.0. The van der Waals surface area contributed by atoms with E-state index in [4.69, 9.17) is 0 Å². The van der Waals surface area contributed by atoms with Gasteiger partial charge < -0.3 is 5.32 Å². The molecule has 30 heavy (non-hydrogen) atoms. The van der Waals surface area contributed by atoms with E-state index in [0.29, 0.717) is 6.04 Å². The lowest BCUT2D eigenvalue weighted by Gasteiger charge is -2.27. The number of likely N-dealkylation sites (N-methyl/N-ethyl adjacent to an activating group) is 1. The van der Waals surface area contributed by atoms with E-state index in [1.54, 1.807) is 12.1 Å². The number of H-pyrrole nitrogens is 1. The summed E-state index contributed by atoms with van der Waals surface area (Å²) < 4.78 is 13.1. The Kier molecular flexibility index (Phi) is 6.23. The molecule has 1 aliphatic carbocycles. The van der Waals surface area contributed by atoms with Gasteiger partial charge in [0.15, 0.2) is 0 Å². The van der Waals surface area contributed by atoms with Crippen molar-refractivity contribution >= 4 is 5.91 Å². The zero-order chi connectivity index (χ0) is 20.9. The Bertz CT molecular complexity index is 966. The topological polar surface area (TPSA) is 61.0 Å². The molecule has 1 heterocycles. The van der Waals surface area contributed by atoms with Gasteiger partial charge in [0.05, 0.1) is 5.69 Å². The van der Waals surface area contributed by atoms with Gasteiger partial charge in [0, 0.05) is 17.3 Å². The Labute approximate surface area is 176 Å². The number of benzene rings is 2. The Hall–Kier alpha value is -2.99. The number of carbonyl (C=O) groups is 1. The van der Waals surface area contributed by atoms with Crippen molar-refractivity contribution in [2.24, 2.45) is 0 Å². The normalized spacial score (nSPS) is 14.6. The summed E-state index contributed by atoms with van der Waals surface area (Å²) in [4.78, 5) is 15.0. The minimum absolute atomic E-state index is 0.0753. The van der Waals surface area contributed by atoms with Crippen LogP contribution in [0.5, 0.6) is 0 Å². The van der Waals surface area contributed by atoms with Crippen LogP contribution in [-0.4, -0.2) is 40.6 Å². The van der Waals surface area contributed by atoms with E-state index in [1.807, 2.05) is 43.4 Å². The lowest BCUT2D eigenvalue weighted by molar-refractivity contribution is -0.126. The van der Waals surface area contributed by atoms with E-state index in [-0.39, 0.29) is 17.8 Å². The van der Waals surface area contributed by atoms with Gasteiger partial charge >= 0.3 is 0 Å². The molecule has 1 atom stereocenters. The molecule has 3 aromatic rings. The smallest absolute Gasteiger partial charge is 0.242 e. The molecular weight excluding hydrogens is 379 g/mol. The summed E-state index contributed by atoms with van der Waals surface area (Å²) in [7, 11) is 2.00. The summed E-state index contributed by atoms with van der Waals surface area (Å²) in [5.74, 6) is -0.178. The zero-order valence-electron chi connectivity index (χ0n) is 17.1. The quantitative estimate of drug-likeness (QED) is 0.562. The molecule has 1 saturated carbocycles. The van der Waals surface area contributed by atoms with Gasteiger partial charge in [-0.05, 0) is 75.2 Å². The highest BCUT2D eigenvalue weighted by Crippen LogP contribution is 2.25. The molecule has 1 unspecified atom stereocenters. The molecule has 0 saturated heterocycles. The maximum Gasteiger partial charge on any atom is 0.242 e. The summed E-state index contributed by atoms with van der Waals surface area (Å²) in [5.41, 5.74) is 3.74. The second-order valence-corrected chi connectivity index (χ2v) is 7.97. The number of aromatic nitrogens is 2. The summed E-state index contributed by atoms with van der Waals surface area (Å²) in [5, 5.41) is 10.6. The van der Waals surface area contributed by atoms with Crippen LogP contribution in [-0.2, 0) is 11.2 Å². The molecule has 0 radical (unpaired) electrons. The van der Waals surface area contributed by atoms with E-state index in [9.17, 15) is 9.18 Å². The maximum absolute atomic E-state index is 13.1. The van der Waals surface area contributed by atoms with Crippen molar-refractivity contribution in [1.82, 2.24) is 20.4 Å². The van der Waals surface area contributed by atoms with Crippen LogP contribution in [0.4, 0.5) is 4.39 Å². The monoisotopic (exact) mass is 406 g/mol. The average molecular weight is 407 g/mol. The number of aromatic amines is 1. The van der Waals surface area contributed by atoms with Crippen LogP contribution in [0.1, 0.15) is 36.6 Å². The Morgan fingerprint density at radius 2 is 1.93 bits per heavy atom. The second-order valence-electron chi connectivity index (χ2n) is 7.97. The molecule has 6 heteroatoms. The third-order valence-electron chi connectivity index (χ3n) is 5.46. The van der Waals surface area contributed by atoms with Crippen molar-refractivity contribution in [3.8, 4) is 11.3 Å². The largest absolute Gasteiger partial charge is 0.352 e. The fraction of sp³-hybridized carbons (Fsp3) is 0.333. The minimum atomic E-state index is -0.289. The predicted octanol–water partition coefficient (Wildman–Crippen LogP) is 4.10. The van der Waals surface area contributed by atoms with Crippen LogP contribution in [0.3, 0.4) is 0 Å². The summed E-state index contributed by atoms with van der Waals surface area (Å²) in [6.07, 6.45) is 3.87. The number of amides is 1. The van der Waals surface area contributed by atoms with Crippen molar-refractivity contribution in [3.63, 3.8) is 0 Å². The number of aryl methyl sites for hydroxylation is 1. The number of hydrogen-bond donors (Lipinski definition) is 2. The fourth-order valence-electron chi connectivity index (χ4n) is 3.66. The molecule has 0 bridgehead atoms. The zero-order valence-corrected chi connectivity index (χ0v) is 17.1. The van der Waals surface area contributed by atoms with Crippen molar-refractivity contribution < 1.29 is 9.18 Å². The first kappa shape index (κ1) is 20.3. The predicted molar refractivity (Wildman–Crippen MR) is 115 cm³/mol. The van der Waals surface area contributed by atoms with Gasteiger partial charge in [-0.3, -0.25) is 14.8 Å². The van der Waals surface area contributed by atoms with Gasteiger partial charge in [0.25, 0.3) is 0 Å². The fourth-order valence-corrected chi connectivity index (χ4v) is 3.66. The van der Waals surface area contributed by atoms with Crippen LogP contribution < -0.4 is 5.32 Å². The van der Waals surface area contributed by atoms with Gasteiger partial charge in [-0.2, -0.15) is 5.10 Å². The molecule has 2 aromatic carbocycles. The molecule has 1 amide bonds. The number of nitrogens with zero attached hydrogens (tertiary/aromatic N) is 2. The second kappa shape index (κ2) is 9.22. The highest BCUT2D eigenvalue weighted by atomic mass is 19.1. The van der Waals surface area contributed by atoms with Crippen LogP contribution in [0.15, 0.2) is 60.7 Å². The van der Waals surface area contributed by atoms with Crippen molar-refractivity contribution in [3.05, 3.63) is 77.7 Å². The minimum Gasteiger partial charge on any atom is -0.352 e. The van der Waals surface area contributed by atoms with E-state index in [2.05, 4.69) is 20.4 Å². The van der Waals surface area contributed by atoms with E-state index < -0.39 is 0 Å². The van der Waals surface area contributed by atoms with E-state index in [0.717, 1.165) is 54.7 Å². The number of hydrogen-bond acceptors (Lipinski definition) is 3. The maximum atomic E-state index is 13.1. The number of halogens is 1. The highest BCUT2D eigenvalue weighted by molar-refractivity contribution is 5.83. The molecule has 0 spiro atoms. The van der Waals surface area contributed by atoms with Gasteiger partial charge in [-0.1, -0.05) is 30.3 Å².